The van der Waals surface area contributed by atoms with Crippen LogP contribution < -0.4 is 4.74 Å². The van der Waals surface area contributed by atoms with Crippen molar-refractivity contribution in [2.75, 3.05) is 19.7 Å². The largest absolute Gasteiger partial charge is 0.491 e. The molecule has 2 rings (SSSR count). The number of carbonyl (C=O) groups is 1. The Morgan fingerprint density at radius 2 is 1.92 bits per heavy atom. The van der Waals surface area contributed by atoms with Gasteiger partial charge in [-0.25, -0.2) is 4.39 Å². The fourth-order valence-corrected chi connectivity index (χ4v) is 2.69. The second-order valence-corrected chi connectivity index (χ2v) is 5.83. The van der Waals surface area contributed by atoms with E-state index in [9.17, 15) is 14.3 Å². The SMILES string of the molecule is CCN(CC)C(=O)c1cccc(OCC(O)c2ccc(F)cc2C)c1. The summed E-state index contributed by atoms with van der Waals surface area (Å²) in [7, 11) is 0. The highest BCUT2D eigenvalue weighted by Gasteiger charge is 2.15. The van der Waals surface area contributed by atoms with Crippen molar-refractivity contribution in [1.82, 2.24) is 4.90 Å². The van der Waals surface area contributed by atoms with E-state index in [4.69, 9.17) is 4.74 Å². The highest BCUT2D eigenvalue weighted by atomic mass is 19.1. The van der Waals surface area contributed by atoms with Gasteiger partial charge in [-0.05, 0) is 62.2 Å². The van der Waals surface area contributed by atoms with Gasteiger partial charge in [0.1, 0.15) is 24.3 Å². The minimum absolute atomic E-state index is 0.0232. The molecule has 0 heterocycles. The normalized spacial score (nSPS) is 11.9. The van der Waals surface area contributed by atoms with Gasteiger partial charge in [0.15, 0.2) is 0 Å². The van der Waals surface area contributed by atoms with Crippen LogP contribution in [-0.2, 0) is 0 Å². The Morgan fingerprint density at radius 3 is 2.56 bits per heavy atom. The summed E-state index contributed by atoms with van der Waals surface area (Å²) in [6.07, 6.45) is -0.872. The number of ether oxygens (including phenoxy) is 1. The third-order valence-electron chi connectivity index (χ3n) is 4.13. The van der Waals surface area contributed by atoms with Gasteiger partial charge < -0.3 is 14.7 Å². The average Bonchev–Trinajstić information content (AvgIpc) is 2.61. The third-order valence-corrected chi connectivity index (χ3v) is 4.13. The van der Waals surface area contributed by atoms with Crippen molar-refractivity contribution in [3.8, 4) is 5.75 Å². The minimum Gasteiger partial charge on any atom is -0.491 e. The van der Waals surface area contributed by atoms with Gasteiger partial charge in [-0.15, -0.1) is 0 Å². The Bertz CT molecular complexity index is 729. The van der Waals surface area contributed by atoms with E-state index in [0.29, 0.717) is 35.5 Å². The average molecular weight is 345 g/mol. The second-order valence-electron chi connectivity index (χ2n) is 5.83. The number of halogens is 1. The zero-order valence-electron chi connectivity index (χ0n) is 14.8. The van der Waals surface area contributed by atoms with Crippen LogP contribution in [0.15, 0.2) is 42.5 Å². The van der Waals surface area contributed by atoms with Gasteiger partial charge in [-0.2, -0.15) is 0 Å². The molecule has 0 fully saturated rings. The Balaban J connectivity index is 2.06. The van der Waals surface area contributed by atoms with Crippen LogP contribution in [0, 0.1) is 12.7 Å². The van der Waals surface area contributed by atoms with E-state index in [2.05, 4.69) is 0 Å². The van der Waals surface area contributed by atoms with Crippen molar-refractivity contribution in [1.29, 1.82) is 0 Å². The molecule has 0 aromatic heterocycles. The molecule has 4 nitrogen and oxygen atoms in total. The number of aliphatic hydroxyl groups excluding tert-OH is 1. The van der Waals surface area contributed by atoms with E-state index in [1.165, 1.54) is 12.1 Å². The molecule has 2 aromatic carbocycles. The van der Waals surface area contributed by atoms with Crippen LogP contribution in [0.2, 0.25) is 0 Å². The molecule has 0 bridgehead atoms. The molecule has 0 radical (unpaired) electrons. The summed E-state index contributed by atoms with van der Waals surface area (Å²) in [4.78, 5) is 14.1. The lowest BCUT2D eigenvalue weighted by atomic mass is 10.0. The number of benzene rings is 2. The number of rotatable bonds is 7. The van der Waals surface area contributed by atoms with Crippen LogP contribution >= 0.6 is 0 Å². The Hall–Kier alpha value is -2.40. The maximum absolute atomic E-state index is 13.2. The molecule has 1 N–H and O–H groups in total. The first-order valence-electron chi connectivity index (χ1n) is 8.42. The van der Waals surface area contributed by atoms with Crippen molar-refractivity contribution in [2.24, 2.45) is 0 Å². The summed E-state index contributed by atoms with van der Waals surface area (Å²) in [6, 6.07) is 11.2. The fourth-order valence-electron chi connectivity index (χ4n) is 2.69. The number of nitrogens with zero attached hydrogens (tertiary/aromatic N) is 1. The van der Waals surface area contributed by atoms with E-state index in [-0.39, 0.29) is 18.3 Å². The lowest BCUT2D eigenvalue weighted by Gasteiger charge is -2.19. The van der Waals surface area contributed by atoms with Crippen LogP contribution in [0.3, 0.4) is 0 Å². The lowest BCUT2D eigenvalue weighted by Crippen LogP contribution is -2.30. The van der Waals surface area contributed by atoms with Crippen molar-refractivity contribution < 1.29 is 19.0 Å². The number of amides is 1. The summed E-state index contributed by atoms with van der Waals surface area (Å²) in [5, 5.41) is 10.3. The van der Waals surface area contributed by atoms with Gasteiger partial charge in [0.2, 0.25) is 0 Å². The van der Waals surface area contributed by atoms with Gasteiger partial charge in [0.05, 0.1) is 0 Å². The van der Waals surface area contributed by atoms with Crippen molar-refractivity contribution in [2.45, 2.75) is 26.9 Å². The quantitative estimate of drug-likeness (QED) is 0.832. The maximum Gasteiger partial charge on any atom is 0.253 e. The summed E-state index contributed by atoms with van der Waals surface area (Å²) < 4.78 is 18.8. The first-order chi connectivity index (χ1) is 12.0. The van der Waals surface area contributed by atoms with Crippen molar-refractivity contribution in [3.05, 3.63) is 65.0 Å². The van der Waals surface area contributed by atoms with Crippen molar-refractivity contribution in [3.63, 3.8) is 0 Å². The van der Waals surface area contributed by atoms with Crippen LogP contribution in [0.25, 0.3) is 0 Å². The molecule has 1 amide bonds. The molecule has 0 spiro atoms. The number of hydrogen-bond donors (Lipinski definition) is 1. The maximum atomic E-state index is 13.2. The summed E-state index contributed by atoms with van der Waals surface area (Å²) in [5.74, 6) is 0.124. The zero-order valence-corrected chi connectivity index (χ0v) is 14.8. The molecule has 2 aromatic rings. The second kappa shape index (κ2) is 8.62. The predicted octanol–water partition coefficient (Wildman–Crippen LogP) is 3.73. The van der Waals surface area contributed by atoms with Gasteiger partial charge in [0.25, 0.3) is 5.91 Å². The minimum atomic E-state index is -0.872. The number of hydrogen-bond acceptors (Lipinski definition) is 3. The number of aliphatic hydroxyl groups is 1. The molecule has 25 heavy (non-hydrogen) atoms. The molecule has 0 aliphatic carbocycles. The van der Waals surface area contributed by atoms with Gasteiger partial charge >= 0.3 is 0 Å². The van der Waals surface area contributed by atoms with Crippen molar-refractivity contribution >= 4 is 5.91 Å². The molecule has 134 valence electrons. The van der Waals surface area contributed by atoms with Gasteiger partial charge in [-0.3, -0.25) is 4.79 Å². The summed E-state index contributed by atoms with van der Waals surface area (Å²) in [6.45, 7) is 6.92. The van der Waals surface area contributed by atoms with Crippen LogP contribution in [0.1, 0.15) is 41.4 Å². The van der Waals surface area contributed by atoms with Crippen LogP contribution in [-0.4, -0.2) is 35.6 Å². The van der Waals surface area contributed by atoms with Crippen LogP contribution in [0.4, 0.5) is 4.39 Å². The van der Waals surface area contributed by atoms with Gasteiger partial charge in [-0.1, -0.05) is 12.1 Å². The first kappa shape index (κ1) is 18.9. The van der Waals surface area contributed by atoms with E-state index >= 15 is 0 Å². The lowest BCUT2D eigenvalue weighted by molar-refractivity contribution is 0.0772. The van der Waals surface area contributed by atoms with E-state index in [1.54, 1.807) is 42.2 Å². The topological polar surface area (TPSA) is 49.8 Å². The summed E-state index contributed by atoms with van der Waals surface area (Å²) in [5.41, 5.74) is 1.84. The molecule has 0 aliphatic rings. The molecule has 0 saturated heterocycles. The molecular formula is C20H24FNO3. The molecule has 0 aliphatic heterocycles. The Labute approximate surface area is 147 Å². The van der Waals surface area contributed by atoms with E-state index < -0.39 is 6.10 Å². The Kier molecular flexibility index (Phi) is 6.53. The molecule has 0 saturated carbocycles. The first-order valence-corrected chi connectivity index (χ1v) is 8.42. The molecule has 1 atom stereocenters. The third kappa shape index (κ3) is 4.79. The van der Waals surface area contributed by atoms with Gasteiger partial charge in [0, 0.05) is 18.7 Å². The van der Waals surface area contributed by atoms with E-state index in [1.807, 2.05) is 13.8 Å². The predicted molar refractivity (Wildman–Crippen MR) is 95.3 cm³/mol. The smallest absolute Gasteiger partial charge is 0.253 e. The zero-order chi connectivity index (χ0) is 18.4. The highest BCUT2D eigenvalue weighted by Crippen LogP contribution is 2.21. The number of carbonyl (C=O) groups excluding carboxylic acids is 1. The monoisotopic (exact) mass is 345 g/mol. The summed E-state index contributed by atoms with van der Waals surface area (Å²) >= 11 is 0. The fraction of sp³-hybridized carbons (Fsp3) is 0.350. The molecular weight excluding hydrogens is 321 g/mol. The highest BCUT2D eigenvalue weighted by molar-refractivity contribution is 5.94. The standard InChI is InChI=1S/C20H24FNO3/c1-4-22(5-2)20(24)15-7-6-8-17(12-15)25-13-19(23)18-10-9-16(21)11-14(18)3/h6-12,19,23H,4-5,13H2,1-3H3. The molecule has 5 heteroatoms. The van der Waals surface area contributed by atoms with Crippen LogP contribution in [0.5, 0.6) is 5.75 Å². The number of aryl methyl sites for hydroxylation is 1. The Morgan fingerprint density at radius 1 is 1.20 bits per heavy atom. The molecule has 1 unspecified atom stereocenters. The van der Waals surface area contributed by atoms with E-state index in [0.717, 1.165) is 0 Å².